The molecule has 4 rings (SSSR count). The molecule has 2 aromatic rings. The Balaban J connectivity index is 1.57. The van der Waals surface area contributed by atoms with E-state index in [-0.39, 0.29) is 76.3 Å². The summed E-state index contributed by atoms with van der Waals surface area (Å²) in [4.78, 5) is 14.0. The Morgan fingerprint density at radius 2 is 1.27 bits per heavy atom. The van der Waals surface area contributed by atoms with Crippen molar-refractivity contribution >= 4 is 33.0 Å². The van der Waals surface area contributed by atoms with Gasteiger partial charge < -0.3 is 47.5 Å². The van der Waals surface area contributed by atoms with E-state index in [4.69, 9.17) is 37.3 Å². The van der Waals surface area contributed by atoms with Crippen LogP contribution < -0.4 is 10.4 Å². The van der Waals surface area contributed by atoms with Crippen molar-refractivity contribution in [2.75, 3.05) is 35.0 Å². The molecule has 0 fully saturated rings. The van der Waals surface area contributed by atoms with Crippen LogP contribution in [-0.2, 0) is 42.1 Å². The van der Waals surface area contributed by atoms with Crippen LogP contribution in [0.25, 0.3) is 0 Å². The van der Waals surface area contributed by atoms with Crippen molar-refractivity contribution in [3.63, 3.8) is 0 Å². The maximum Gasteiger partial charge on any atom is 0.331 e. The molecule has 2 heterocycles. The molecular formula is C64H106O11Si2. The van der Waals surface area contributed by atoms with E-state index in [1.54, 1.807) is 28.4 Å². The van der Waals surface area contributed by atoms with Crippen LogP contribution in [-0.4, -0.2) is 129 Å². The van der Waals surface area contributed by atoms with E-state index in [2.05, 4.69) is 147 Å². The third-order valence-corrected chi connectivity index (χ3v) is 27.5. The topological polar surface area (TPSA) is 131 Å². The summed E-state index contributed by atoms with van der Waals surface area (Å²) >= 11 is 0. The van der Waals surface area contributed by atoms with Gasteiger partial charge in [0.25, 0.3) is 8.32 Å². The van der Waals surface area contributed by atoms with E-state index in [1.165, 1.54) is 16.4 Å². The molecule has 436 valence electrons. The monoisotopic (exact) mass is 1110 g/mol. The van der Waals surface area contributed by atoms with Gasteiger partial charge in [0.15, 0.2) is 8.32 Å². The highest BCUT2D eigenvalue weighted by Crippen LogP contribution is 2.41. The summed E-state index contributed by atoms with van der Waals surface area (Å²) in [6.07, 6.45) is 10.6. The minimum Gasteiger partial charge on any atom is -0.458 e. The van der Waals surface area contributed by atoms with Gasteiger partial charge in [0, 0.05) is 90.0 Å². The smallest absolute Gasteiger partial charge is 0.331 e. The number of rotatable bonds is 20. The third-order valence-electron chi connectivity index (χ3n) is 18.0. The molecule has 0 amide bonds. The Labute approximate surface area is 469 Å². The Morgan fingerprint density at radius 3 is 1.81 bits per heavy atom. The van der Waals surface area contributed by atoms with Crippen LogP contribution in [0.15, 0.2) is 96.6 Å². The fourth-order valence-electron chi connectivity index (χ4n) is 11.9. The maximum atomic E-state index is 14.0. The summed E-state index contributed by atoms with van der Waals surface area (Å²) in [5.41, 5.74) is 0.920. The molecule has 77 heavy (non-hydrogen) atoms. The van der Waals surface area contributed by atoms with Gasteiger partial charge in [-0.25, -0.2) is 4.79 Å². The normalized spacial score (nSPS) is 28.9. The van der Waals surface area contributed by atoms with Gasteiger partial charge in [-0.2, -0.15) is 0 Å². The van der Waals surface area contributed by atoms with Gasteiger partial charge in [0.1, 0.15) is 6.10 Å². The number of allylic oxidation sites excluding steroid dienone is 2. The highest BCUT2D eigenvalue weighted by Gasteiger charge is 2.51. The lowest BCUT2D eigenvalue weighted by Gasteiger charge is -2.44. The van der Waals surface area contributed by atoms with Gasteiger partial charge >= 0.3 is 5.97 Å². The van der Waals surface area contributed by atoms with E-state index < -0.39 is 52.9 Å². The average Bonchev–Trinajstić information content (AvgIpc) is 3.40. The largest absolute Gasteiger partial charge is 0.458 e. The molecule has 2 aliphatic heterocycles. The minimum absolute atomic E-state index is 0.0274. The van der Waals surface area contributed by atoms with Crippen LogP contribution in [0.3, 0.4) is 0 Å². The standard InChI is InChI=1S/C64H106O11Si2/c1-43-33-36-52(75-76(18,19)63(8,9)10)39-50-27-26-28-51(73-50)40-56(68-14)47(5)57(69-15)41-58(70-16)48(6)62(74-59(66)38-34-43)49(7)60(67)44(2)35-37-55(65)46(4)61(71-17)45(3)42-72-77(64(11,12)13,53-29-22-20-23-30-53)54-31-24-21-25-32-54/h20-27,29-34,38,44-52,55-58,60-62,65,67H,28,35-37,39-42H2,1-19H3/b38-34+,43-33+/t44-,45+,46-,47+,48-,49-,50-,51-,52?,55?,56-,57-,58+,60-,61+,62-/m0/s1. The number of benzene rings is 2. The molecule has 0 aromatic heterocycles. The summed E-state index contributed by atoms with van der Waals surface area (Å²) in [6.45, 7) is 33.0. The first-order chi connectivity index (χ1) is 36.2. The van der Waals surface area contributed by atoms with Crippen LogP contribution in [0.1, 0.15) is 135 Å². The highest BCUT2D eigenvalue weighted by atomic mass is 28.4. The predicted molar refractivity (Wildman–Crippen MR) is 319 cm³/mol. The number of methoxy groups -OCH3 is 4. The van der Waals surface area contributed by atoms with Gasteiger partial charge in [0.2, 0.25) is 0 Å². The van der Waals surface area contributed by atoms with Crippen LogP contribution >= 0.6 is 0 Å². The summed E-state index contributed by atoms with van der Waals surface area (Å²) in [5, 5.41) is 26.5. The highest BCUT2D eigenvalue weighted by molar-refractivity contribution is 6.99. The summed E-state index contributed by atoms with van der Waals surface area (Å²) in [7, 11) is 1.94. The molecule has 2 aliphatic rings. The van der Waals surface area contributed by atoms with Crippen molar-refractivity contribution in [2.45, 2.75) is 219 Å². The van der Waals surface area contributed by atoms with Gasteiger partial charge in [0.05, 0.1) is 54.9 Å². The number of esters is 1. The van der Waals surface area contributed by atoms with Crippen molar-refractivity contribution < 1.29 is 52.3 Å². The Hall–Kier alpha value is -2.80. The molecule has 13 heteroatoms. The lowest BCUT2D eigenvalue weighted by Crippen LogP contribution is -2.67. The first kappa shape index (κ1) is 66.7. The molecular weight excluding hydrogens is 1000 g/mol. The zero-order chi connectivity index (χ0) is 57.5. The van der Waals surface area contributed by atoms with Crippen molar-refractivity contribution in [2.24, 2.45) is 35.5 Å². The molecule has 2 bridgehead atoms. The first-order valence-electron chi connectivity index (χ1n) is 28.9. The Morgan fingerprint density at radius 1 is 0.714 bits per heavy atom. The number of ether oxygens (including phenoxy) is 6. The number of fused-ring (bicyclic) bond motifs is 2. The van der Waals surface area contributed by atoms with Crippen molar-refractivity contribution in [3.05, 3.63) is 96.6 Å². The molecule has 2 aromatic carbocycles. The molecule has 0 radical (unpaired) electrons. The quantitative estimate of drug-likeness (QED) is 0.0746. The van der Waals surface area contributed by atoms with Crippen LogP contribution in [0.4, 0.5) is 0 Å². The van der Waals surface area contributed by atoms with E-state index in [0.717, 1.165) is 12.0 Å². The van der Waals surface area contributed by atoms with Crippen molar-refractivity contribution in [1.29, 1.82) is 0 Å². The molecule has 0 saturated heterocycles. The van der Waals surface area contributed by atoms with E-state index in [1.807, 2.05) is 40.7 Å². The van der Waals surface area contributed by atoms with E-state index >= 15 is 0 Å². The molecule has 0 saturated carbocycles. The van der Waals surface area contributed by atoms with Crippen LogP contribution in [0.2, 0.25) is 23.2 Å². The van der Waals surface area contributed by atoms with Crippen LogP contribution in [0.5, 0.6) is 0 Å². The number of carbonyl (C=O) groups excluding carboxylic acids is 1. The molecule has 0 spiro atoms. The average molecular weight is 1110 g/mol. The molecule has 0 aliphatic carbocycles. The molecule has 2 unspecified atom stereocenters. The predicted octanol–water partition coefficient (Wildman–Crippen LogP) is 12.0. The molecule has 16 atom stereocenters. The zero-order valence-corrected chi connectivity index (χ0v) is 53.1. The third kappa shape index (κ3) is 18.1. The van der Waals surface area contributed by atoms with Gasteiger partial charge in [-0.1, -0.05) is 174 Å². The number of aliphatic hydroxyl groups is 2. The number of cyclic esters (lactones) is 1. The summed E-state index contributed by atoms with van der Waals surface area (Å²) in [6, 6.07) is 21.3. The van der Waals surface area contributed by atoms with Gasteiger partial charge in [-0.15, -0.1) is 0 Å². The Kier molecular flexibility index (Phi) is 26.3. The van der Waals surface area contributed by atoms with Gasteiger partial charge in [-0.05, 0) is 72.1 Å². The number of carbonyl (C=O) groups is 1. The Bertz CT molecular complexity index is 2080. The minimum atomic E-state index is -2.79. The second-order valence-electron chi connectivity index (χ2n) is 25.6. The lowest BCUT2D eigenvalue weighted by atomic mass is 9.78. The number of aliphatic hydroxyl groups excluding tert-OH is 2. The fraction of sp³-hybridized carbons (Fsp3) is 0.703. The molecule has 2 N–H and O–H groups in total. The number of hydrogen-bond donors (Lipinski definition) is 2. The molecule has 11 nitrogen and oxygen atoms in total. The second-order valence-corrected chi connectivity index (χ2v) is 34.7. The number of hydrogen-bond acceptors (Lipinski definition) is 11. The van der Waals surface area contributed by atoms with Gasteiger partial charge in [-0.3, -0.25) is 0 Å². The van der Waals surface area contributed by atoms with E-state index in [9.17, 15) is 15.0 Å². The summed E-state index contributed by atoms with van der Waals surface area (Å²) in [5.74, 6) is -1.88. The van der Waals surface area contributed by atoms with E-state index in [0.29, 0.717) is 45.1 Å². The lowest BCUT2D eigenvalue weighted by molar-refractivity contribution is -0.159. The SMILES string of the molecule is CO[C@H]([C@H](C)CO[Si](c1ccccc1)(c1ccccc1)C(C)(C)C)[C@@H](C)C(O)CC[C@H](C)[C@H](O)[C@H](C)[C@H]1OC(=O)/C=C/C(C)=C/CC(O[Si](C)(C)C(C)(C)C)C[C@@H]2C=CC[C@@H](C[C@H](OC)[C@@H](C)[C@@H](OC)C[C@@H](OC)[C@@H]1C)O2. The zero-order valence-electron chi connectivity index (χ0n) is 51.1. The van der Waals surface area contributed by atoms with Crippen LogP contribution in [0, 0.1) is 35.5 Å². The van der Waals surface area contributed by atoms with Crippen molar-refractivity contribution in [1.82, 2.24) is 0 Å². The first-order valence-corrected chi connectivity index (χ1v) is 33.7. The maximum absolute atomic E-state index is 14.0. The van der Waals surface area contributed by atoms with Crippen molar-refractivity contribution in [3.8, 4) is 0 Å². The summed E-state index contributed by atoms with van der Waals surface area (Å²) < 4.78 is 52.6. The second kappa shape index (κ2) is 30.3. The fourth-order valence-corrected chi connectivity index (χ4v) is 18.0.